The summed E-state index contributed by atoms with van der Waals surface area (Å²) < 4.78 is 40.1. The first-order valence-electron chi connectivity index (χ1n) is 9.51. The number of anilines is 1. The quantitative estimate of drug-likeness (QED) is 0.684. The molecule has 1 aliphatic rings. The minimum absolute atomic E-state index is 0.0216. The second-order valence-electron chi connectivity index (χ2n) is 7.64. The molecule has 0 atom stereocenters. The van der Waals surface area contributed by atoms with Crippen molar-refractivity contribution in [2.24, 2.45) is 0 Å². The Morgan fingerprint density at radius 3 is 2.62 bits per heavy atom. The number of fused-ring (bicyclic) bond motifs is 1. The highest BCUT2D eigenvalue weighted by molar-refractivity contribution is 7.90. The van der Waals surface area contributed by atoms with Gasteiger partial charge in [-0.1, -0.05) is 37.1 Å². The van der Waals surface area contributed by atoms with E-state index in [0.29, 0.717) is 29.4 Å². The van der Waals surface area contributed by atoms with E-state index >= 15 is 4.39 Å². The molecule has 4 rings (SSSR count). The Labute approximate surface area is 168 Å². The Hall–Kier alpha value is -2.74. The number of benzene rings is 2. The first-order chi connectivity index (χ1) is 13.8. The van der Waals surface area contributed by atoms with Gasteiger partial charge in [-0.25, -0.2) is 12.8 Å². The highest BCUT2D eigenvalue weighted by Gasteiger charge is 2.36. The molecule has 29 heavy (non-hydrogen) atoms. The zero-order valence-corrected chi connectivity index (χ0v) is 16.9. The topological polar surface area (TPSA) is 81.1 Å². The molecule has 1 heterocycles. The first kappa shape index (κ1) is 19.6. The molecule has 0 bridgehead atoms. The Morgan fingerprint density at radius 1 is 1.17 bits per heavy atom. The Morgan fingerprint density at radius 2 is 1.90 bits per heavy atom. The van der Waals surface area contributed by atoms with Crippen molar-refractivity contribution in [1.82, 2.24) is 9.78 Å². The van der Waals surface area contributed by atoms with Crippen LogP contribution in [0.25, 0.3) is 10.9 Å². The summed E-state index contributed by atoms with van der Waals surface area (Å²) in [4.78, 5) is 13.2. The van der Waals surface area contributed by atoms with E-state index < -0.39 is 21.4 Å². The maximum absolute atomic E-state index is 15.1. The minimum atomic E-state index is -3.40. The van der Waals surface area contributed by atoms with Crippen LogP contribution >= 0.6 is 0 Å². The first-order valence-corrected chi connectivity index (χ1v) is 11.4. The van der Waals surface area contributed by atoms with Gasteiger partial charge in [0.25, 0.3) is 5.91 Å². The van der Waals surface area contributed by atoms with Gasteiger partial charge in [-0.05, 0) is 37.1 Å². The van der Waals surface area contributed by atoms with Crippen LogP contribution in [-0.2, 0) is 16.4 Å². The van der Waals surface area contributed by atoms with Crippen molar-refractivity contribution in [2.45, 2.75) is 42.8 Å². The summed E-state index contributed by atoms with van der Waals surface area (Å²) in [6.07, 6.45) is 3.69. The predicted octanol–water partition coefficient (Wildman–Crippen LogP) is 3.97. The number of carbonyl (C=O) groups excluding carboxylic acids is 1. The third kappa shape index (κ3) is 4.03. The molecule has 1 amide bonds. The molecule has 0 saturated heterocycles. The molecule has 6 nitrogen and oxygen atoms in total. The van der Waals surface area contributed by atoms with Gasteiger partial charge in [-0.2, -0.15) is 5.10 Å². The van der Waals surface area contributed by atoms with Gasteiger partial charge < -0.3 is 5.32 Å². The maximum Gasteiger partial charge on any atom is 0.274 e. The number of amides is 1. The lowest BCUT2D eigenvalue weighted by atomic mass is 10.1. The van der Waals surface area contributed by atoms with E-state index in [2.05, 4.69) is 10.4 Å². The van der Waals surface area contributed by atoms with Gasteiger partial charge in [0.15, 0.2) is 9.84 Å². The molecule has 3 aromatic rings. The van der Waals surface area contributed by atoms with Gasteiger partial charge in [-0.3, -0.25) is 9.48 Å². The van der Waals surface area contributed by atoms with E-state index in [1.54, 1.807) is 30.3 Å². The third-order valence-corrected chi connectivity index (χ3v) is 6.42. The van der Waals surface area contributed by atoms with Gasteiger partial charge in [-0.15, -0.1) is 0 Å². The molecule has 2 aromatic carbocycles. The van der Waals surface area contributed by atoms with E-state index in [0.717, 1.165) is 19.1 Å². The van der Waals surface area contributed by atoms with Crippen molar-refractivity contribution in [2.75, 3.05) is 11.6 Å². The maximum atomic E-state index is 15.1. The second kappa shape index (κ2) is 7.26. The predicted molar refractivity (Wildman–Crippen MR) is 110 cm³/mol. The largest absolute Gasteiger partial charge is 0.321 e. The van der Waals surface area contributed by atoms with Gasteiger partial charge >= 0.3 is 0 Å². The summed E-state index contributed by atoms with van der Waals surface area (Å²) in [6.45, 7) is 0.0216. The third-order valence-electron chi connectivity index (χ3n) is 5.31. The standard InChI is InChI=1S/C21H22FN3O3S/c1-29(27,28)16-8-6-7-15(13-16)23-20(26)19-17-9-2-3-10-18(17)24-25(19)14-21(22)11-4-5-12-21/h2-3,6-10,13H,4-5,11-12,14H2,1H3,(H,23,26). The van der Waals surface area contributed by atoms with Gasteiger partial charge in [0.2, 0.25) is 0 Å². The van der Waals surface area contributed by atoms with Crippen LogP contribution < -0.4 is 5.32 Å². The lowest BCUT2D eigenvalue weighted by Gasteiger charge is -2.20. The molecule has 0 aliphatic heterocycles. The number of nitrogens with one attached hydrogen (secondary N) is 1. The summed E-state index contributed by atoms with van der Waals surface area (Å²) in [6, 6.07) is 13.2. The lowest BCUT2D eigenvalue weighted by molar-refractivity contribution is 0.0999. The number of nitrogens with zero attached hydrogens (tertiary/aromatic N) is 2. The summed E-state index contributed by atoms with van der Waals surface area (Å²) in [5.74, 6) is -0.453. The number of hydrogen-bond donors (Lipinski definition) is 1. The van der Waals surface area contributed by atoms with E-state index in [-0.39, 0.29) is 17.1 Å². The summed E-state index contributed by atoms with van der Waals surface area (Å²) in [5, 5.41) is 7.83. The van der Waals surface area contributed by atoms with E-state index in [9.17, 15) is 13.2 Å². The van der Waals surface area contributed by atoms with Gasteiger partial charge in [0.1, 0.15) is 11.4 Å². The highest BCUT2D eigenvalue weighted by atomic mass is 32.2. The van der Waals surface area contributed by atoms with Crippen molar-refractivity contribution in [3.63, 3.8) is 0 Å². The fourth-order valence-electron chi connectivity index (χ4n) is 3.86. The summed E-state index contributed by atoms with van der Waals surface area (Å²) in [5.41, 5.74) is -0.128. The zero-order valence-electron chi connectivity index (χ0n) is 16.1. The van der Waals surface area contributed by atoms with Crippen LogP contribution in [0.1, 0.15) is 36.2 Å². The van der Waals surface area contributed by atoms with Crippen molar-refractivity contribution in [3.8, 4) is 0 Å². The second-order valence-corrected chi connectivity index (χ2v) is 9.65. The molecule has 1 aliphatic carbocycles. The monoisotopic (exact) mass is 415 g/mol. The van der Waals surface area contributed by atoms with Crippen LogP contribution in [0.2, 0.25) is 0 Å². The minimum Gasteiger partial charge on any atom is -0.321 e. The molecule has 0 unspecified atom stereocenters. The van der Waals surface area contributed by atoms with Crippen molar-refractivity contribution < 1.29 is 17.6 Å². The lowest BCUT2D eigenvalue weighted by Crippen LogP contribution is -2.29. The van der Waals surface area contributed by atoms with Gasteiger partial charge in [0, 0.05) is 17.3 Å². The fraction of sp³-hybridized carbons (Fsp3) is 0.333. The molecule has 152 valence electrons. The van der Waals surface area contributed by atoms with E-state index in [4.69, 9.17) is 0 Å². The molecular weight excluding hydrogens is 393 g/mol. The Kier molecular flexibility index (Phi) is 4.90. The SMILES string of the molecule is CS(=O)(=O)c1cccc(NC(=O)c2c3ccccc3nn2CC2(F)CCCC2)c1. The van der Waals surface area contributed by atoms with E-state index in [1.807, 2.05) is 6.07 Å². The number of halogens is 1. The number of carbonyl (C=O) groups is 1. The number of sulfone groups is 1. The molecule has 1 fully saturated rings. The highest BCUT2D eigenvalue weighted by Crippen LogP contribution is 2.35. The number of alkyl halides is 1. The fourth-order valence-corrected chi connectivity index (χ4v) is 4.53. The normalized spacial score (nSPS) is 16.2. The summed E-state index contributed by atoms with van der Waals surface area (Å²) >= 11 is 0. The smallest absolute Gasteiger partial charge is 0.274 e. The van der Waals surface area contributed by atoms with Crippen molar-refractivity contribution >= 4 is 32.3 Å². The molecule has 0 spiro atoms. The van der Waals surface area contributed by atoms with Crippen molar-refractivity contribution in [3.05, 3.63) is 54.2 Å². The molecule has 1 saturated carbocycles. The van der Waals surface area contributed by atoms with Crippen LogP contribution in [0.15, 0.2) is 53.4 Å². The molecular formula is C21H22FN3O3S. The van der Waals surface area contributed by atoms with E-state index in [1.165, 1.54) is 16.8 Å². The number of rotatable bonds is 5. The van der Waals surface area contributed by atoms with Crippen LogP contribution in [0, 0.1) is 0 Å². The summed E-state index contributed by atoms with van der Waals surface area (Å²) in [7, 11) is -3.40. The molecule has 1 N–H and O–H groups in total. The van der Waals surface area contributed by atoms with Crippen LogP contribution in [0.4, 0.5) is 10.1 Å². The van der Waals surface area contributed by atoms with Crippen LogP contribution in [0.3, 0.4) is 0 Å². The molecule has 1 aromatic heterocycles. The average molecular weight is 415 g/mol. The zero-order chi connectivity index (χ0) is 20.6. The Bertz CT molecular complexity index is 1180. The molecule has 0 radical (unpaired) electrons. The number of hydrogen-bond acceptors (Lipinski definition) is 4. The van der Waals surface area contributed by atoms with Crippen LogP contribution in [-0.4, -0.2) is 36.0 Å². The number of aromatic nitrogens is 2. The van der Waals surface area contributed by atoms with Gasteiger partial charge in [0.05, 0.1) is 17.0 Å². The van der Waals surface area contributed by atoms with Crippen molar-refractivity contribution in [1.29, 1.82) is 0 Å². The van der Waals surface area contributed by atoms with Crippen LogP contribution in [0.5, 0.6) is 0 Å². The molecule has 8 heteroatoms. The average Bonchev–Trinajstić information content (AvgIpc) is 3.24. The Balaban J connectivity index is 1.71.